The van der Waals surface area contributed by atoms with Gasteiger partial charge in [0, 0.05) is 32.5 Å². The summed E-state index contributed by atoms with van der Waals surface area (Å²) in [6.07, 6.45) is 3.76. The van der Waals surface area contributed by atoms with Crippen LogP contribution in [0.25, 0.3) is 0 Å². The Morgan fingerprint density at radius 1 is 0.812 bits per heavy atom. The van der Waals surface area contributed by atoms with E-state index in [1.165, 1.54) is 24.3 Å². The minimum Gasteiger partial charge on any atom is -0.494 e. The monoisotopic (exact) mass is 483 g/mol. The van der Waals surface area contributed by atoms with Crippen LogP contribution in [-0.4, -0.2) is 67.0 Å². The summed E-state index contributed by atoms with van der Waals surface area (Å²) in [4.78, 5) is 14.3. The molecule has 0 aliphatic carbocycles. The van der Waals surface area contributed by atoms with Gasteiger partial charge in [0.05, 0.1) is 23.0 Å². The van der Waals surface area contributed by atoms with E-state index < -0.39 is 19.7 Å². The molecule has 0 aliphatic rings. The molecule has 176 valence electrons. The number of carbonyl (C=O) groups excluding carboxylic acids is 1. The van der Waals surface area contributed by atoms with Gasteiger partial charge in [0.25, 0.3) is 0 Å². The molecule has 0 unspecified atom stereocenters. The number of carbonyl (C=O) groups is 1. The van der Waals surface area contributed by atoms with Crippen LogP contribution in [0.3, 0.4) is 0 Å². The fourth-order valence-electron chi connectivity index (χ4n) is 2.80. The van der Waals surface area contributed by atoms with E-state index >= 15 is 0 Å². The zero-order valence-electron chi connectivity index (χ0n) is 18.5. The third kappa shape index (κ3) is 8.51. The molecule has 10 heteroatoms. The topological polar surface area (TPSA) is 107 Å². The van der Waals surface area contributed by atoms with Crippen molar-refractivity contribution in [1.29, 1.82) is 0 Å². The lowest BCUT2D eigenvalue weighted by molar-refractivity contribution is -0.130. The maximum atomic E-state index is 12.2. The highest BCUT2D eigenvalue weighted by Crippen LogP contribution is 2.18. The molecule has 1 amide bonds. The van der Waals surface area contributed by atoms with Crippen LogP contribution in [0.15, 0.2) is 58.3 Å². The summed E-state index contributed by atoms with van der Waals surface area (Å²) < 4.78 is 57.2. The first-order valence-corrected chi connectivity index (χ1v) is 13.8. The van der Waals surface area contributed by atoms with Crippen molar-refractivity contribution in [1.82, 2.24) is 4.90 Å². The van der Waals surface area contributed by atoms with Crippen molar-refractivity contribution in [3.8, 4) is 11.5 Å². The number of benzene rings is 2. The SMILES string of the molecule is CN(CCCOc1cccc(S(C)(=O)=O)c1)C(=O)CCCOc1ccc(S(C)(=O)=O)cc1. The lowest BCUT2D eigenvalue weighted by Gasteiger charge is -2.17. The lowest BCUT2D eigenvalue weighted by atomic mass is 10.3. The molecule has 0 aliphatic heterocycles. The molecular formula is C22H29NO7S2. The fraction of sp³-hybridized carbons (Fsp3) is 0.409. The second-order valence-corrected chi connectivity index (χ2v) is 11.5. The quantitative estimate of drug-likeness (QED) is 0.427. The molecule has 0 saturated carbocycles. The average molecular weight is 484 g/mol. The van der Waals surface area contributed by atoms with Gasteiger partial charge < -0.3 is 14.4 Å². The summed E-state index contributed by atoms with van der Waals surface area (Å²) in [5.74, 6) is 1.01. The standard InChI is InChI=1S/C22H29NO7S2/c1-23(14-6-16-30-19-7-4-8-21(17-19)32(3,27)28)22(24)9-5-15-29-18-10-12-20(13-11-18)31(2,25)26/h4,7-8,10-13,17H,5-6,9,14-16H2,1-3H3. The Morgan fingerprint density at radius 3 is 2.03 bits per heavy atom. The van der Waals surface area contributed by atoms with Gasteiger partial charge in [-0.3, -0.25) is 4.79 Å². The van der Waals surface area contributed by atoms with Crippen molar-refractivity contribution in [3.05, 3.63) is 48.5 Å². The molecule has 32 heavy (non-hydrogen) atoms. The van der Waals surface area contributed by atoms with Crippen LogP contribution < -0.4 is 9.47 Å². The largest absolute Gasteiger partial charge is 0.494 e. The first kappa shape index (κ1) is 25.7. The first-order chi connectivity index (χ1) is 15.0. The third-order valence-corrected chi connectivity index (χ3v) is 6.86. The zero-order chi connectivity index (χ0) is 23.8. The van der Waals surface area contributed by atoms with Crippen LogP contribution in [0.5, 0.6) is 11.5 Å². The van der Waals surface area contributed by atoms with Crippen LogP contribution in [0.1, 0.15) is 19.3 Å². The second kappa shape index (κ2) is 11.3. The van der Waals surface area contributed by atoms with Crippen molar-refractivity contribution < 1.29 is 31.1 Å². The van der Waals surface area contributed by atoms with E-state index in [1.54, 1.807) is 36.2 Å². The van der Waals surface area contributed by atoms with E-state index in [4.69, 9.17) is 9.47 Å². The van der Waals surface area contributed by atoms with E-state index in [1.807, 2.05) is 0 Å². The highest BCUT2D eigenvalue weighted by Gasteiger charge is 2.10. The minimum absolute atomic E-state index is 0.0138. The lowest BCUT2D eigenvalue weighted by Crippen LogP contribution is -2.28. The third-order valence-electron chi connectivity index (χ3n) is 4.62. The number of sulfone groups is 2. The molecule has 0 fully saturated rings. The molecule has 0 heterocycles. The van der Waals surface area contributed by atoms with Crippen LogP contribution >= 0.6 is 0 Å². The van der Waals surface area contributed by atoms with E-state index in [2.05, 4.69) is 0 Å². The van der Waals surface area contributed by atoms with Gasteiger partial charge in [-0.25, -0.2) is 16.8 Å². The van der Waals surface area contributed by atoms with Crippen molar-refractivity contribution >= 4 is 25.6 Å². The van der Waals surface area contributed by atoms with Gasteiger partial charge in [-0.2, -0.15) is 0 Å². The number of ether oxygens (including phenoxy) is 2. The summed E-state index contributed by atoms with van der Waals surface area (Å²) >= 11 is 0. The Hall–Kier alpha value is -2.59. The van der Waals surface area contributed by atoms with Gasteiger partial charge in [-0.05, 0) is 55.3 Å². The van der Waals surface area contributed by atoms with Crippen molar-refractivity contribution in [2.45, 2.75) is 29.1 Å². The van der Waals surface area contributed by atoms with Gasteiger partial charge in [0.15, 0.2) is 19.7 Å². The average Bonchev–Trinajstić information content (AvgIpc) is 2.73. The molecule has 0 aromatic heterocycles. The van der Waals surface area contributed by atoms with E-state index in [0.29, 0.717) is 50.5 Å². The van der Waals surface area contributed by atoms with E-state index in [0.717, 1.165) is 12.5 Å². The molecule has 2 aromatic carbocycles. The Bertz CT molecular complexity index is 1110. The molecule has 0 bridgehead atoms. The Balaban J connectivity index is 1.65. The summed E-state index contributed by atoms with van der Waals surface area (Å²) in [7, 11) is -4.80. The van der Waals surface area contributed by atoms with Crippen LogP contribution in [0.2, 0.25) is 0 Å². The van der Waals surface area contributed by atoms with Gasteiger partial charge in [-0.15, -0.1) is 0 Å². The minimum atomic E-state index is -3.28. The molecule has 0 radical (unpaired) electrons. The highest BCUT2D eigenvalue weighted by molar-refractivity contribution is 7.91. The highest BCUT2D eigenvalue weighted by atomic mass is 32.2. The van der Waals surface area contributed by atoms with E-state index in [9.17, 15) is 21.6 Å². The summed E-state index contributed by atoms with van der Waals surface area (Å²) in [5, 5.41) is 0. The predicted molar refractivity (Wildman–Crippen MR) is 122 cm³/mol. The van der Waals surface area contributed by atoms with Gasteiger partial charge >= 0.3 is 0 Å². The molecule has 0 saturated heterocycles. The molecule has 0 atom stereocenters. The summed E-state index contributed by atoms with van der Waals surface area (Å²) in [6, 6.07) is 12.5. The number of amides is 1. The number of nitrogens with zero attached hydrogens (tertiary/aromatic N) is 1. The number of hydrogen-bond donors (Lipinski definition) is 0. The van der Waals surface area contributed by atoms with Gasteiger partial charge in [0.1, 0.15) is 11.5 Å². The van der Waals surface area contributed by atoms with Crippen molar-refractivity contribution in [2.24, 2.45) is 0 Å². The fourth-order valence-corrected chi connectivity index (χ4v) is 4.08. The number of rotatable bonds is 12. The first-order valence-electron chi connectivity index (χ1n) is 10.1. The smallest absolute Gasteiger partial charge is 0.222 e. The predicted octanol–water partition coefficient (Wildman–Crippen LogP) is 2.58. The van der Waals surface area contributed by atoms with Gasteiger partial charge in [-0.1, -0.05) is 6.07 Å². The normalized spacial score (nSPS) is 11.7. The molecular weight excluding hydrogens is 454 g/mol. The van der Waals surface area contributed by atoms with Crippen LogP contribution in [0, 0.1) is 0 Å². The Kier molecular flexibility index (Phi) is 9.09. The van der Waals surface area contributed by atoms with E-state index in [-0.39, 0.29) is 15.7 Å². The number of hydrogen-bond acceptors (Lipinski definition) is 7. The Morgan fingerprint density at radius 2 is 1.41 bits per heavy atom. The maximum absolute atomic E-state index is 12.2. The zero-order valence-corrected chi connectivity index (χ0v) is 20.1. The van der Waals surface area contributed by atoms with Crippen LogP contribution in [0.4, 0.5) is 0 Å². The summed E-state index contributed by atoms with van der Waals surface area (Å²) in [5.41, 5.74) is 0. The molecule has 8 nitrogen and oxygen atoms in total. The molecule has 0 spiro atoms. The second-order valence-electron chi connectivity index (χ2n) is 7.46. The summed E-state index contributed by atoms with van der Waals surface area (Å²) in [6.45, 7) is 1.22. The van der Waals surface area contributed by atoms with Crippen molar-refractivity contribution in [3.63, 3.8) is 0 Å². The maximum Gasteiger partial charge on any atom is 0.222 e. The molecule has 2 aromatic rings. The van der Waals surface area contributed by atoms with Gasteiger partial charge in [0.2, 0.25) is 5.91 Å². The van der Waals surface area contributed by atoms with Crippen molar-refractivity contribution in [2.75, 3.05) is 39.3 Å². The molecule has 2 rings (SSSR count). The Labute approximate surface area is 190 Å². The van der Waals surface area contributed by atoms with Crippen LogP contribution in [-0.2, 0) is 24.5 Å². The molecule has 0 N–H and O–H groups in total.